The summed E-state index contributed by atoms with van der Waals surface area (Å²) < 4.78 is 32.7. The predicted molar refractivity (Wildman–Crippen MR) is 235 cm³/mol. The molecule has 58 heavy (non-hydrogen) atoms. The molecule has 0 saturated heterocycles. The highest BCUT2D eigenvalue weighted by atomic mass is 31.2. The summed E-state index contributed by atoms with van der Waals surface area (Å²) in [7, 11) is -4.73. The highest BCUT2D eigenvalue weighted by Crippen LogP contribution is 2.43. The fourth-order valence-corrected chi connectivity index (χ4v) is 6.48. The number of phosphoric ester groups is 1. The number of carboxylic acid groups (broad SMARTS) is 1. The first kappa shape index (κ1) is 55.2. The summed E-state index contributed by atoms with van der Waals surface area (Å²) in [5, 5.41) is 8.89. The molecule has 0 spiro atoms. The molecule has 0 aliphatic rings. The average Bonchev–Trinajstić information content (AvgIpc) is 3.20. The number of hydrogen-bond donors (Lipinski definition) is 3. The number of carboxylic acids is 1. The van der Waals surface area contributed by atoms with Crippen molar-refractivity contribution in [3.05, 3.63) is 60.8 Å². The van der Waals surface area contributed by atoms with E-state index in [0.29, 0.717) is 19.3 Å². The summed E-state index contributed by atoms with van der Waals surface area (Å²) in [4.78, 5) is 46.0. The first-order chi connectivity index (χ1) is 28.1. The molecule has 0 aromatic rings. The van der Waals surface area contributed by atoms with Gasteiger partial charge in [0.05, 0.1) is 13.2 Å². The van der Waals surface area contributed by atoms with Crippen LogP contribution in [0.5, 0.6) is 0 Å². The minimum Gasteiger partial charge on any atom is -0.480 e. The molecule has 0 rings (SSSR count). The van der Waals surface area contributed by atoms with E-state index in [9.17, 15) is 23.8 Å². The van der Waals surface area contributed by atoms with Crippen LogP contribution in [0.2, 0.25) is 0 Å². The third kappa shape index (κ3) is 40.0. The number of ether oxygens (including phenoxy) is 2. The number of carbonyl (C=O) groups is 3. The molecule has 0 aromatic carbocycles. The lowest BCUT2D eigenvalue weighted by Gasteiger charge is -2.20. The molecular formula is C46H80NO10P. The lowest BCUT2D eigenvalue weighted by molar-refractivity contribution is -0.161. The molecule has 0 aliphatic carbocycles. The van der Waals surface area contributed by atoms with E-state index < -0.39 is 51.1 Å². The van der Waals surface area contributed by atoms with Crippen LogP contribution >= 0.6 is 7.82 Å². The Bertz CT molecular complexity index is 1210. The van der Waals surface area contributed by atoms with Gasteiger partial charge in [-0.2, -0.15) is 0 Å². The van der Waals surface area contributed by atoms with Crippen LogP contribution < -0.4 is 5.73 Å². The summed E-state index contributed by atoms with van der Waals surface area (Å²) in [5.74, 6) is -2.46. The zero-order chi connectivity index (χ0) is 42.8. The van der Waals surface area contributed by atoms with Gasteiger partial charge in [-0.1, -0.05) is 152 Å². The fourth-order valence-electron chi connectivity index (χ4n) is 5.70. The summed E-state index contributed by atoms with van der Waals surface area (Å²) in [5.41, 5.74) is 5.33. The van der Waals surface area contributed by atoms with Gasteiger partial charge in [-0.15, -0.1) is 0 Å². The van der Waals surface area contributed by atoms with E-state index in [2.05, 4.69) is 67.0 Å². The largest absolute Gasteiger partial charge is 0.480 e. The number of phosphoric acid groups is 1. The van der Waals surface area contributed by atoms with Crippen LogP contribution in [-0.2, 0) is 37.5 Å². The quantitative estimate of drug-likeness (QED) is 0.0231. The normalized spacial score (nSPS) is 14.3. The minimum absolute atomic E-state index is 0.143. The molecule has 1 unspecified atom stereocenters. The van der Waals surface area contributed by atoms with Gasteiger partial charge < -0.3 is 25.2 Å². The Morgan fingerprint density at radius 3 is 1.47 bits per heavy atom. The van der Waals surface area contributed by atoms with Crippen LogP contribution in [0.3, 0.4) is 0 Å². The van der Waals surface area contributed by atoms with Crippen molar-refractivity contribution < 1.29 is 47.5 Å². The Morgan fingerprint density at radius 2 is 0.931 bits per heavy atom. The maximum absolute atomic E-state index is 12.6. The van der Waals surface area contributed by atoms with E-state index in [4.69, 9.17) is 24.8 Å². The van der Waals surface area contributed by atoms with Crippen LogP contribution in [0.1, 0.15) is 181 Å². The van der Waals surface area contributed by atoms with Crippen molar-refractivity contribution in [3.8, 4) is 0 Å². The molecule has 0 aromatic heterocycles. The van der Waals surface area contributed by atoms with Crippen molar-refractivity contribution in [2.24, 2.45) is 5.73 Å². The Kier molecular flexibility index (Phi) is 38.9. The van der Waals surface area contributed by atoms with Crippen molar-refractivity contribution in [2.75, 3.05) is 19.8 Å². The highest BCUT2D eigenvalue weighted by molar-refractivity contribution is 7.47. The molecule has 3 atom stereocenters. The summed E-state index contributed by atoms with van der Waals surface area (Å²) in [6, 6.07) is -1.53. The monoisotopic (exact) mass is 838 g/mol. The number of unbranched alkanes of at least 4 members (excludes halogenated alkanes) is 17. The standard InChI is InChI=1S/C46H80NO10P/c1-3-5-7-9-11-13-15-17-19-21-23-25-27-29-31-33-35-37-44(48)54-39-42(40-55-58(52,53)56-41-43(47)46(50)51)57-45(49)38-36-34-32-30-28-26-24-22-20-18-16-14-12-10-8-6-4-2/h11,13,17-20,23,25,29,31,42-43H,3-10,12,14-16,21-22,24,26-28,30,32-41,47H2,1-2H3,(H,50,51)(H,52,53)/b13-11+,19-17+,20-18+,25-23+,31-29+/t42-,43+/m1/s1. The predicted octanol–water partition coefficient (Wildman–Crippen LogP) is 12.0. The molecule has 334 valence electrons. The summed E-state index contributed by atoms with van der Waals surface area (Å²) in [6.45, 7) is 2.71. The zero-order valence-corrected chi connectivity index (χ0v) is 37.0. The first-order valence-electron chi connectivity index (χ1n) is 22.3. The first-order valence-corrected chi connectivity index (χ1v) is 23.8. The van der Waals surface area contributed by atoms with E-state index in [1.165, 1.54) is 77.0 Å². The molecule has 4 N–H and O–H groups in total. The second-order valence-electron chi connectivity index (χ2n) is 14.8. The van der Waals surface area contributed by atoms with Gasteiger partial charge in [0.2, 0.25) is 0 Å². The molecule has 11 nitrogen and oxygen atoms in total. The van der Waals surface area contributed by atoms with Crippen LogP contribution in [0.4, 0.5) is 0 Å². The molecule has 12 heteroatoms. The minimum atomic E-state index is -4.73. The van der Waals surface area contributed by atoms with Crippen molar-refractivity contribution in [1.82, 2.24) is 0 Å². The molecule has 0 saturated carbocycles. The number of hydrogen-bond acceptors (Lipinski definition) is 9. The lowest BCUT2D eigenvalue weighted by atomic mass is 10.1. The van der Waals surface area contributed by atoms with Gasteiger partial charge in [-0.05, 0) is 77.0 Å². The van der Waals surface area contributed by atoms with E-state index in [-0.39, 0.29) is 19.4 Å². The van der Waals surface area contributed by atoms with E-state index in [1.807, 2.05) is 12.2 Å². The molecule has 0 amide bonds. The SMILES string of the molecule is CCCCC/C=C/C/C=C/C/C=C/C/C=C/CCCC(=O)OC[C@H](COP(=O)(O)OC[C@H](N)C(=O)O)OC(=O)CCCCCCCCC/C=C/CCCCCCCC. The molecule has 0 radical (unpaired) electrons. The third-order valence-corrected chi connectivity index (χ3v) is 10.2. The smallest absolute Gasteiger partial charge is 0.472 e. The van der Waals surface area contributed by atoms with Crippen molar-refractivity contribution in [3.63, 3.8) is 0 Å². The average molecular weight is 838 g/mol. The highest BCUT2D eigenvalue weighted by Gasteiger charge is 2.28. The fraction of sp³-hybridized carbons (Fsp3) is 0.717. The van der Waals surface area contributed by atoms with E-state index in [0.717, 1.165) is 57.8 Å². The zero-order valence-electron chi connectivity index (χ0n) is 36.1. The van der Waals surface area contributed by atoms with Gasteiger partial charge in [0, 0.05) is 12.8 Å². The third-order valence-electron chi connectivity index (χ3n) is 9.24. The number of rotatable bonds is 41. The van der Waals surface area contributed by atoms with Gasteiger partial charge in [-0.25, -0.2) is 4.57 Å². The number of nitrogens with two attached hydrogens (primary N) is 1. The summed E-state index contributed by atoms with van der Waals surface area (Å²) in [6.07, 6.45) is 47.2. The van der Waals surface area contributed by atoms with Crippen LogP contribution in [0.15, 0.2) is 60.8 Å². The molecule has 0 heterocycles. The van der Waals surface area contributed by atoms with Gasteiger partial charge in [0.15, 0.2) is 6.10 Å². The van der Waals surface area contributed by atoms with Crippen LogP contribution in [0, 0.1) is 0 Å². The Balaban J connectivity index is 4.45. The number of carbonyl (C=O) groups excluding carboxylic acids is 2. The van der Waals surface area contributed by atoms with Crippen molar-refractivity contribution >= 4 is 25.7 Å². The maximum atomic E-state index is 12.6. The topological polar surface area (TPSA) is 172 Å². The van der Waals surface area contributed by atoms with Gasteiger partial charge in [-0.3, -0.25) is 23.4 Å². The second-order valence-corrected chi connectivity index (χ2v) is 16.3. The Morgan fingerprint density at radius 1 is 0.534 bits per heavy atom. The molecular weight excluding hydrogens is 757 g/mol. The molecule has 0 aliphatic heterocycles. The Hall–Kier alpha value is -2.82. The number of aliphatic carboxylic acids is 1. The van der Waals surface area contributed by atoms with Gasteiger partial charge in [0.1, 0.15) is 12.6 Å². The Labute approximate surface area is 351 Å². The van der Waals surface area contributed by atoms with E-state index >= 15 is 0 Å². The molecule has 0 fully saturated rings. The second kappa shape index (κ2) is 40.9. The lowest BCUT2D eigenvalue weighted by Crippen LogP contribution is -2.34. The maximum Gasteiger partial charge on any atom is 0.472 e. The van der Waals surface area contributed by atoms with E-state index in [1.54, 1.807) is 0 Å². The van der Waals surface area contributed by atoms with Crippen molar-refractivity contribution in [2.45, 2.75) is 193 Å². The number of esters is 2. The van der Waals surface area contributed by atoms with Gasteiger partial charge >= 0.3 is 25.7 Å². The van der Waals surface area contributed by atoms with Crippen LogP contribution in [0.25, 0.3) is 0 Å². The number of allylic oxidation sites excluding steroid dienone is 10. The summed E-state index contributed by atoms with van der Waals surface area (Å²) >= 11 is 0. The van der Waals surface area contributed by atoms with Crippen molar-refractivity contribution in [1.29, 1.82) is 0 Å². The molecule has 0 bridgehead atoms. The van der Waals surface area contributed by atoms with Gasteiger partial charge in [0.25, 0.3) is 0 Å². The van der Waals surface area contributed by atoms with Crippen LogP contribution in [-0.4, -0.2) is 59.9 Å².